The number of benzene rings is 10. The van der Waals surface area contributed by atoms with E-state index in [2.05, 4.69) is 264 Å². The largest absolute Gasteiger partial charge is 0.485 e. The van der Waals surface area contributed by atoms with Crippen molar-refractivity contribution in [3.8, 4) is 55.9 Å². The van der Waals surface area contributed by atoms with Crippen LogP contribution in [0, 0.1) is 0 Å². The molecule has 316 valence electrons. The highest BCUT2D eigenvalue weighted by atomic mass is 16.5. The second-order valence-electron chi connectivity index (χ2n) is 17.6. The van der Waals surface area contributed by atoms with Crippen molar-refractivity contribution < 1.29 is 4.74 Å². The first-order valence-electron chi connectivity index (χ1n) is 23.1. The lowest BCUT2D eigenvalue weighted by molar-refractivity contribution is 0.269. The van der Waals surface area contributed by atoms with E-state index in [-0.39, 0.29) is 12.0 Å². The number of allylic oxidation sites excluding steroid dienone is 2. The van der Waals surface area contributed by atoms with Crippen LogP contribution in [0.15, 0.2) is 255 Å². The van der Waals surface area contributed by atoms with Crippen LogP contribution < -0.4 is 9.64 Å². The minimum atomic E-state index is 0.0471. The van der Waals surface area contributed by atoms with Crippen molar-refractivity contribution in [1.29, 1.82) is 0 Å². The number of para-hydroxylation sites is 1. The molecule has 0 saturated carbocycles. The molecule has 0 spiro atoms. The van der Waals surface area contributed by atoms with Crippen LogP contribution in [0.2, 0.25) is 0 Å². The molecule has 10 aromatic carbocycles. The van der Waals surface area contributed by atoms with Crippen molar-refractivity contribution in [3.05, 3.63) is 260 Å². The van der Waals surface area contributed by atoms with Gasteiger partial charge in [-0.2, -0.15) is 0 Å². The molecule has 0 saturated heterocycles. The highest BCUT2D eigenvalue weighted by Crippen LogP contribution is 2.45. The fourth-order valence-corrected chi connectivity index (χ4v) is 10.5. The molecule has 3 heteroatoms. The Morgan fingerprint density at radius 2 is 0.970 bits per heavy atom. The Hall–Kier alpha value is -8.66. The molecule has 2 unspecified atom stereocenters. The van der Waals surface area contributed by atoms with E-state index in [1.165, 1.54) is 71.6 Å². The van der Waals surface area contributed by atoms with Gasteiger partial charge in [0.25, 0.3) is 0 Å². The summed E-state index contributed by atoms with van der Waals surface area (Å²) in [7, 11) is 0. The van der Waals surface area contributed by atoms with Gasteiger partial charge >= 0.3 is 0 Å². The Morgan fingerprint density at radius 1 is 0.388 bits per heavy atom. The van der Waals surface area contributed by atoms with Gasteiger partial charge in [0.05, 0.1) is 11.0 Å². The Balaban J connectivity index is 0.891. The van der Waals surface area contributed by atoms with Gasteiger partial charge in [-0.15, -0.1) is 0 Å². The summed E-state index contributed by atoms with van der Waals surface area (Å²) in [4.78, 5) is 2.38. The van der Waals surface area contributed by atoms with Crippen LogP contribution in [0.25, 0.3) is 82.8 Å². The number of ether oxygens (including phenoxy) is 1. The highest BCUT2D eigenvalue weighted by Gasteiger charge is 2.32. The zero-order chi connectivity index (χ0) is 44.3. The van der Waals surface area contributed by atoms with Crippen LogP contribution in [0.4, 0.5) is 17.1 Å². The molecule has 2 heterocycles. The van der Waals surface area contributed by atoms with Gasteiger partial charge in [0, 0.05) is 51.1 Å². The molecule has 0 radical (unpaired) electrons. The molecule has 67 heavy (non-hydrogen) atoms. The minimum Gasteiger partial charge on any atom is -0.485 e. The number of fused-ring (bicyclic) bond motifs is 7. The lowest BCUT2D eigenvalue weighted by atomic mass is 9.92. The summed E-state index contributed by atoms with van der Waals surface area (Å²) in [5.74, 6) is 1.21. The summed E-state index contributed by atoms with van der Waals surface area (Å²) in [5.41, 5.74) is 17.5. The van der Waals surface area contributed by atoms with Crippen molar-refractivity contribution in [2.75, 3.05) is 4.90 Å². The summed E-state index contributed by atoms with van der Waals surface area (Å²) in [6.45, 7) is 0. The highest BCUT2D eigenvalue weighted by molar-refractivity contribution is 6.16. The predicted molar refractivity (Wildman–Crippen MR) is 280 cm³/mol. The van der Waals surface area contributed by atoms with Crippen LogP contribution in [-0.4, -0.2) is 10.7 Å². The summed E-state index contributed by atoms with van der Waals surface area (Å²) >= 11 is 0. The van der Waals surface area contributed by atoms with Gasteiger partial charge < -0.3 is 14.2 Å². The zero-order valence-corrected chi connectivity index (χ0v) is 36.7. The van der Waals surface area contributed by atoms with Gasteiger partial charge in [0.1, 0.15) is 11.9 Å². The van der Waals surface area contributed by atoms with Gasteiger partial charge in [0.15, 0.2) is 0 Å². The van der Waals surface area contributed by atoms with Crippen molar-refractivity contribution in [2.24, 2.45) is 0 Å². The van der Waals surface area contributed by atoms with E-state index in [4.69, 9.17) is 4.74 Å². The van der Waals surface area contributed by atoms with Crippen molar-refractivity contribution in [3.63, 3.8) is 0 Å². The van der Waals surface area contributed by atoms with Gasteiger partial charge in [-0.05, 0) is 116 Å². The molecule has 1 aliphatic carbocycles. The van der Waals surface area contributed by atoms with Gasteiger partial charge in [-0.25, -0.2) is 0 Å². The van der Waals surface area contributed by atoms with E-state index in [1.54, 1.807) is 0 Å². The van der Waals surface area contributed by atoms with E-state index in [1.807, 2.05) is 0 Å². The molecule has 0 amide bonds. The normalized spacial score (nSPS) is 14.9. The molecule has 0 fully saturated rings. The number of hydrogen-bond donors (Lipinski definition) is 0. The molecule has 0 N–H and O–H groups in total. The van der Waals surface area contributed by atoms with E-state index < -0.39 is 0 Å². The number of anilines is 3. The van der Waals surface area contributed by atoms with E-state index in [0.29, 0.717) is 0 Å². The average molecular weight is 857 g/mol. The first-order chi connectivity index (χ1) is 33.2. The number of nitrogens with zero attached hydrogens (tertiary/aromatic N) is 2. The second-order valence-corrected chi connectivity index (χ2v) is 17.6. The van der Waals surface area contributed by atoms with Crippen LogP contribution in [0.3, 0.4) is 0 Å². The molecular formula is C64H44N2O. The molecule has 1 aliphatic heterocycles. The van der Waals surface area contributed by atoms with Crippen molar-refractivity contribution in [2.45, 2.75) is 12.0 Å². The maximum atomic E-state index is 6.51. The predicted octanol–water partition coefficient (Wildman–Crippen LogP) is 17.0. The topological polar surface area (TPSA) is 17.4 Å². The maximum absolute atomic E-state index is 6.51. The monoisotopic (exact) mass is 856 g/mol. The first kappa shape index (κ1) is 38.8. The molecule has 2 atom stereocenters. The molecule has 0 bridgehead atoms. The van der Waals surface area contributed by atoms with Crippen LogP contribution in [0.1, 0.15) is 11.5 Å². The van der Waals surface area contributed by atoms with E-state index >= 15 is 0 Å². The smallest absolute Gasteiger partial charge is 0.128 e. The SMILES string of the molecule is C1=CC2Oc3cc(-n4c5ccccc5c5c(-c6cccc(N(c7ccc(-c8ccccc8)cc7)c7ccc(-c8ccc(-c9cccc%10ccccc9%10)cc8)cc7)c6)cccc54)ccc3C2C=C1. The third-order valence-corrected chi connectivity index (χ3v) is 13.8. The molecule has 13 rings (SSSR count). The van der Waals surface area contributed by atoms with E-state index in [0.717, 1.165) is 39.6 Å². The van der Waals surface area contributed by atoms with Gasteiger partial charge in [-0.3, -0.25) is 0 Å². The Bertz CT molecular complexity index is 3710. The first-order valence-corrected chi connectivity index (χ1v) is 23.1. The fraction of sp³-hybridized carbons (Fsp3) is 0.0312. The summed E-state index contributed by atoms with van der Waals surface area (Å²) < 4.78 is 8.91. The molecule has 3 nitrogen and oxygen atoms in total. The number of hydrogen-bond acceptors (Lipinski definition) is 2. The second kappa shape index (κ2) is 16.1. The third-order valence-electron chi connectivity index (χ3n) is 13.8. The fourth-order valence-electron chi connectivity index (χ4n) is 10.5. The van der Waals surface area contributed by atoms with Gasteiger partial charge in [0.2, 0.25) is 0 Å². The molecule has 1 aromatic heterocycles. The average Bonchev–Trinajstić information content (AvgIpc) is 3.95. The van der Waals surface area contributed by atoms with Crippen molar-refractivity contribution in [1.82, 2.24) is 4.57 Å². The third kappa shape index (κ3) is 6.75. The van der Waals surface area contributed by atoms with Crippen LogP contribution in [-0.2, 0) is 0 Å². The van der Waals surface area contributed by atoms with E-state index in [9.17, 15) is 0 Å². The quantitative estimate of drug-likeness (QED) is 0.151. The van der Waals surface area contributed by atoms with Crippen LogP contribution in [0.5, 0.6) is 5.75 Å². The summed E-state index contributed by atoms with van der Waals surface area (Å²) in [6, 6.07) is 83.9. The number of aromatic nitrogens is 1. The lowest BCUT2D eigenvalue weighted by Gasteiger charge is -2.26. The Labute approximate surface area is 390 Å². The Kier molecular flexibility index (Phi) is 9.31. The Morgan fingerprint density at radius 3 is 1.76 bits per heavy atom. The summed E-state index contributed by atoms with van der Waals surface area (Å²) in [6.07, 6.45) is 8.67. The lowest BCUT2D eigenvalue weighted by Crippen LogP contribution is -2.15. The minimum absolute atomic E-state index is 0.0471. The van der Waals surface area contributed by atoms with Crippen molar-refractivity contribution >= 4 is 49.6 Å². The molecular weight excluding hydrogens is 813 g/mol. The molecule has 2 aliphatic rings. The maximum Gasteiger partial charge on any atom is 0.128 e. The van der Waals surface area contributed by atoms with Gasteiger partial charge in [-0.1, -0.05) is 188 Å². The zero-order valence-electron chi connectivity index (χ0n) is 36.7. The number of rotatable bonds is 8. The summed E-state index contributed by atoms with van der Waals surface area (Å²) in [5, 5.41) is 4.97. The standard InChI is InChI=1S/C64H44N2O/c1-2-13-43(14-3-1)45-31-35-50(36-32-45)65(51-37-33-46(34-38-51)44-27-29-48(30-28-44)55-22-11-16-47-15-4-5-19-54(47)55)52-18-10-17-49(41-52)56-23-12-25-61-64(56)59-21-6-8-24-60(59)66(61)53-39-40-58-57-20-7-9-26-62(57)67-63(58)42-53/h1-42,57,62H. The molecule has 11 aromatic rings. The van der Waals surface area contributed by atoms with Crippen LogP contribution >= 0.6 is 0 Å².